The van der Waals surface area contributed by atoms with E-state index < -0.39 is 24.1 Å². The number of nitrogens with zero attached hydrogens (tertiary/aromatic N) is 1. The first-order valence-electron chi connectivity index (χ1n) is 6.67. The standard InChI is InChI=1S/C15H20FNO3/c1-9-7-10-5-6-17(14(19)20-15(2,3)4)13(10)11(8-18)12(9)16/h7,18H,5-6,8H2,1-4H3. The summed E-state index contributed by atoms with van der Waals surface area (Å²) in [6.45, 7) is 7.01. The number of ether oxygens (including phenoxy) is 1. The van der Waals surface area contributed by atoms with Gasteiger partial charge in [0.05, 0.1) is 12.3 Å². The molecule has 2 rings (SSSR count). The summed E-state index contributed by atoms with van der Waals surface area (Å²) in [4.78, 5) is 13.6. The fourth-order valence-corrected chi connectivity index (χ4v) is 2.44. The van der Waals surface area contributed by atoms with E-state index in [0.717, 1.165) is 5.56 Å². The number of benzene rings is 1. The number of halogens is 1. The van der Waals surface area contributed by atoms with Crippen molar-refractivity contribution in [3.8, 4) is 0 Å². The topological polar surface area (TPSA) is 49.8 Å². The molecule has 1 aliphatic heterocycles. The van der Waals surface area contributed by atoms with Crippen molar-refractivity contribution < 1.29 is 19.0 Å². The summed E-state index contributed by atoms with van der Waals surface area (Å²) in [6, 6.07) is 1.73. The second-order valence-corrected chi connectivity index (χ2v) is 6.03. The van der Waals surface area contributed by atoms with Crippen LogP contribution in [-0.2, 0) is 17.8 Å². The molecule has 0 saturated heterocycles. The van der Waals surface area contributed by atoms with Gasteiger partial charge in [0.1, 0.15) is 11.4 Å². The molecule has 20 heavy (non-hydrogen) atoms. The summed E-state index contributed by atoms with van der Waals surface area (Å²) in [5.41, 5.74) is 1.38. The van der Waals surface area contributed by atoms with E-state index in [0.29, 0.717) is 24.2 Å². The van der Waals surface area contributed by atoms with E-state index >= 15 is 0 Å². The number of fused-ring (bicyclic) bond motifs is 1. The Hall–Kier alpha value is -1.62. The Labute approximate surface area is 118 Å². The highest BCUT2D eigenvalue weighted by Crippen LogP contribution is 2.36. The molecule has 1 aromatic carbocycles. The summed E-state index contributed by atoms with van der Waals surface area (Å²) in [6.07, 6.45) is 0.136. The molecule has 0 unspecified atom stereocenters. The van der Waals surface area contributed by atoms with Gasteiger partial charge in [-0.1, -0.05) is 6.07 Å². The molecule has 0 fully saturated rings. The number of aryl methyl sites for hydroxylation is 1. The minimum absolute atomic E-state index is 0.170. The number of carbonyl (C=O) groups is 1. The van der Waals surface area contributed by atoms with Crippen molar-refractivity contribution in [1.29, 1.82) is 0 Å². The maximum Gasteiger partial charge on any atom is 0.414 e. The largest absolute Gasteiger partial charge is 0.443 e. The number of carbonyl (C=O) groups excluding carboxylic acids is 1. The van der Waals surface area contributed by atoms with Crippen LogP contribution in [0.5, 0.6) is 0 Å². The molecule has 0 bridgehead atoms. The molecule has 0 radical (unpaired) electrons. The average Bonchev–Trinajstić information content (AvgIpc) is 2.72. The van der Waals surface area contributed by atoms with E-state index in [9.17, 15) is 14.3 Å². The highest BCUT2D eigenvalue weighted by molar-refractivity contribution is 5.92. The van der Waals surface area contributed by atoms with Crippen molar-refractivity contribution in [2.75, 3.05) is 11.4 Å². The fourth-order valence-electron chi connectivity index (χ4n) is 2.44. The molecule has 5 heteroatoms. The lowest BCUT2D eigenvalue weighted by atomic mass is 10.0. The lowest BCUT2D eigenvalue weighted by Gasteiger charge is -2.26. The maximum absolute atomic E-state index is 14.1. The first kappa shape index (κ1) is 14.8. The molecule has 1 aliphatic rings. The van der Waals surface area contributed by atoms with Gasteiger partial charge in [-0.2, -0.15) is 0 Å². The van der Waals surface area contributed by atoms with Crippen LogP contribution in [0.1, 0.15) is 37.5 Å². The average molecular weight is 281 g/mol. The Morgan fingerprint density at radius 3 is 2.70 bits per heavy atom. The van der Waals surface area contributed by atoms with Gasteiger partial charge in [0.15, 0.2) is 0 Å². The van der Waals surface area contributed by atoms with Gasteiger partial charge in [-0.05, 0) is 45.2 Å². The quantitative estimate of drug-likeness (QED) is 0.861. The Morgan fingerprint density at radius 1 is 1.50 bits per heavy atom. The minimum Gasteiger partial charge on any atom is -0.443 e. The lowest BCUT2D eigenvalue weighted by Crippen LogP contribution is -2.36. The summed E-state index contributed by atoms with van der Waals surface area (Å²) in [5, 5.41) is 9.42. The van der Waals surface area contributed by atoms with Gasteiger partial charge < -0.3 is 9.84 Å². The zero-order valence-corrected chi connectivity index (χ0v) is 12.3. The number of amides is 1. The number of rotatable bonds is 1. The van der Waals surface area contributed by atoms with E-state index in [2.05, 4.69) is 0 Å². The molecule has 110 valence electrons. The number of hydrogen-bond acceptors (Lipinski definition) is 3. The van der Waals surface area contributed by atoms with Crippen molar-refractivity contribution in [3.63, 3.8) is 0 Å². The molecule has 0 atom stereocenters. The van der Waals surface area contributed by atoms with E-state index in [-0.39, 0.29) is 5.56 Å². The van der Waals surface area contributed by atoms with Crippen molar-refractivity contribution in [3.05, 3.63) is 28.6 Å². The molecule has 0 saturated carbocycles. The summed E-state index contributed by atoms with van der Waals surface area (Å²) >= 11 is 0. The van der Waals surface area contributed by atoms with Crippen LogP contribution in [0.4, 0.5) is 14.9 Å². The fraction of sp³-hybridized carbons (Fsp3) is 0.533. The monoisotopic (exact) mass is 281 g/mol. The van der Waals surface area contributed by atoms with Crippen LogP contribution in [0.3, 0.4) is 0 Å². The van der Waals surface area contributed by atoms with Crippen LogP contribution in [0.15, 0.2) is 6.07 Å². The lowest BCUT2D eigenvalue weighted by molar-refractivity contribution is 0.0583. The predicted molar refractivity (Wildman–Crippen MR) is 74.3 cm³/mol. The third-order valence-corrected chi connectivity index (χ3v) is 3.24. The van der Waals surface area contributed by atoms with E-state index in [1.54, 1.807) is 33.8 Å². The second kappa shape index (κ2) is 5.05. The molecule has 1 N–H and O–H groups in total. The summed E-state index contributed by atoms with van der Waals surface area (Å²) in [7, 11) is 0. The maximum atomic E-state index is 14.1. The van der Waals surface area contributed by atoms with Crippen LogP contribution in [-0.4, -0.2) is 23.3 Å². The van der Waals surface area contributed by atoms with Crippen LogP contribution in [0, 0.1) is 12.7 Å². The molecular formula is C15H20FNO3. The van der Waals surface area contributed by atoms with Gasteiger partial charge in [-0.3, -0.25) is 4.90 Å². The molecule has 4 nitrogen and oxygen atoms in total. The van der Waals surface area contributed by atoms with E-state index in [1.165, 1.54) is 4.90 Å². The van der Waals surface area contributed by atoms with Gasteiger partial charge >= 0.3 is 6.09 Å². The van der Waals surface area contributed by atoms with Crippen LogP contribution in [0.25, 0.3) is 0 Å². The van der Waals surface area contributed by atoms with E-state index in [1.807, 2.05) is 0 Å². The third-order valence-electron chi connectivity index (χ3n) is 3.24. The first-order chi connectivity index (χ1) is 9.24. The van der Waals surface area contributed by atoms with Gasteiger partial charge in [0.25, 0.3) is 0 Å². The Bertz CT molecular complexity index is 549. The van der Waals surface area contributed by atoms with Crippen molar-refractivity contribution in [1.82, 2.24) is 0 Å². The number of aliphatic hydroxyl groups is 1. The minimum atomic E-state index is -0.609. The highest BCUT2D eigenvalue weighted by Gasteiger charge is 2.32. The van der Waals surface area contributed by atoms with Crippen molar-refractivity contribution >= 4 is 11.8 Å². The molecule has 1 aromatic rings. The summed E-state index contributed by atoms with van der Waals surface area (Å²) in [5.74, 6) is -0.457. The van der Waals surface area contributed by atoms with Gasteiger partial charge in [-0.25, -0.2) is 9.18 Å². The zero-order chi connectivity index (χ0) is 15.1. The Morgan fingerprint density at radius 2 is 2.15 bits per heavy atom. The normalized spacial score (nSPS) is 14.4. The molecule has 0 aromatic heterocycles. The van der Waals surface area contributed by atoms with Crippen LogP contribution < -0.4 is 4.90 Å². The van der Waals surface area contributed by atoms with Gasteiger partial charge in [0, 0.05) is 12.1 Å². The smallest absolute Gasteiger partial charge is 0.414 e. The SMILES string of the molecule is Cc1cc2c(c(CO)c1F)N(C(=O)OC(C)(C)C)CC2. The highest BCUT2D eigenvalue weighted by atomic mass is 19.1. The third kappa shape index (κ3) is 2.63. The zero-order valence-electron chi connectivity index (χ0n) is 12.3. The molecule has 1 amide bonds. The molecule has 0 aliphatic carbocycles. The van der Waals surface area contributed by atoms with Crippen molar-refractivity contribution in [2.45, 2.75) is 46.3 Å². The second-order valence-electron chi connectivity index (χ2n) is 6.03. The number of aliphatic hydroxyl groups excluding tert-OH is 1. The molecule has 0 spiro atoms. The van der Waals surface area contributed by atoms with Crippen LogP contribution in [0.2, 0.25) is 0 Å². The Kier molecular flexibility index (Phi) is 3.73. The first-order valence-corrected chi connectivity index (χ1v) is 6.67. The predicted octanol–water partition coefficient (Wildman–Crippen LogP) is 2.92. The molecular weight excluding hydrogens is 261 g/mol. The van der Waals surface area contributed by atoms with Crippen LogP contribution >= 0.6 is 0 Å². The Balaban J connectivity index is 2.42. The van der Waals surface area contributed by atoms with E-state index in [4.69, 9.17) is 4.74 Å². The number of hydrogen-bond donors (Lipinski definition) is 1. The summed E-state index contributed by atoms with van der Waals surface area (Å²) < 4.78 is 19.4. The molecule has 1 heterocycles. The van der Waals surface area contributed by atoms with Gasteiger partial charge in [-0.15, -0.1) is 0 Å². The van der Waals surface area contributed by atoms with Gasteiger partial charge in [0.2, 0.25) is 0 Å². The number of anilines is 1. The van der Waals surface area contributed by atoms with Crippen molar-refractivity contribution in [2.24, 2.45) is 0 Å².